The number of esters is 1. The van der Waals surface area contributed by atoms with Crippen LogP contribution in [-0.2, 0) is 19.1 Å². The van der Waals surface area contributed by atoms with Crippen LogP contribution in [0.1, 0.15) is 13.3 Å². The fourth-order valence-electron chi connectivity index (χ4n) is 3.45. The second kappa shape index (κ2) is 9.00. The molecule has 1 aliphatic heterocycles. The first-order chi connectivity index (χ1) is 14.4. The van der Waals surface area contributed by atoms with Crippen molar-refractivity contribution in [3.8, 4) is 5.75 Å². The summed E-state index contributed by atoms with van der Waals surface area (Å²) < 4.78 is 10.2. The smallest absolute Gasteiger partial charge is 0.336 e. The van der Waals surface area contributed by atoms with Gasteiger partial charge in [0, 0.05) is 22.8 Å². The van der Waals surface area contributed by atoms with E-state index in [1.165, 1.54) is 19.1 Å². The number of amides is 2. The fraction of sp³-hybridized carbons (Fsp3) is 0.227. The number of allylic oxidation sites excluding steroid dienone is 1. The molecule has 1 aliphatic rings. The van der Waals surface area contributed by atoms with Crippen LogP contribution in [0.2, 0.25) is 5.02 Å². The van der Waals surface area contributed by atoms with E-state index in [2.05, 4.69) is 5.32 Å². The number of ether oxygens (including phenoxy) is 2. The normalized spacial score (nSPS) is 16.3. The Morgan fingerprint density at radius 1 is 1.10 bits per heavy atom. The summed E-state index contributed by atoms with van der Waals surface area (Å²) in [6, 6.07) is 13.5. The van der Waals surface area contributed by atoms with E-state index >= 15 is 0 Å². The molecular weight excluding hydrogens is 408 g/mol. The molecule has 0 aliphatic carbocycles. The highest BCUT2D eigenvalue weighted by Gasteiger charge is 2.40. The van der Waals surface area contributed by atoms with Gasteiger partial charge in [0.2, 0.25) is 11.8 Å². The summed E-state index contributed by atoms with van der Waals surface area (Å²) >= 11 is 5.94. The number of hydrogen-bond acceptors (Lipinski definition) is 5. The quantitative estimate of drug-likeness (QED) is 0.732. The summed E-state index contributed by atoms with van der Waals surface area (Å²) in [5.41, 5.74) is 1.45. The third-order valence-electron chi connectivity index (χ3n) is 4.87. The summed E-state index contributed by atoms with van der Waals surface area (Å²) in [5.74, 6) is -2.01. The average Bonchev–Trinajstić information content (AvgIpc) is 2.74. The largest absolute Gasteiger partial charge is 0.495 e. The van der Waals surface area contributed by atoms with Crippen molar-refractivity contribution in [3.63, 3.8) is 0 Å². The molecule has 0 fully saturated rings. The predicted molar refractivity (Wildman–Crippen MR) is 113 cm³/mol. The van der Waals surface area contributed by atoms with Crippen molar-refractivity contribution < 1.29 is 23.9 Å². The number of nitrogens with zero attached hydrogens (tertiary/aromatic N) is 1. The van der Waals surface area contributed by atoms with Gasteiger partial charge in [0.1, 0.15) is 5.75 Å². The lowest BCUT2D eigenvalue weighted by molar-refractivity contribution is -0.138. The number of benzene rings is 2. The van der Waals surface area contributed by atoms with Crippen molar-refractivity contribution in [2.75, 3.05) is 24.4 Å². The molecule has 0 unspecified atom stereocenters. The molecule has 2 aromatic carbocycles. The standard InChI is InChI=1S/C22H21ClN2O5/c1-13-20(22(28)30-3)16(21(27)24-17-6-4-5-7-18(17)29-2)12-19(26)25(13)15-10-8-14(23)9-11-15/h4-11,16H,12H2,1-3H3,(H,24,27)/t16-/m1/s1. The Morgan fingerprint density at radius 2 is 1.77 bits per heavy atom. The van der Waals surface area contributed by atoms with E-state index in [1.54, 1.807) is 55.5 Å². The number of anilines is 2. The molecule has 7 nitrogen and oxygen atoms in total. The van der Waals surface area contributed by atoms with Gasteiger partial charge in [-0.05, 0) is 43.3 Å². The number of para-hydroxylation sites is 2. The molecule has 0 saturated heterocycles. The van der Waals surface area contributed by atoms with E-state index in [9.17, 15) is 14.4 Å². The molecule has 0 spiro atoms. The number of carbonyl (C=O) groups is 3. The maximum atomic E-state index is 13.0. The van der Waals surface area contributed by atoms with Crippen LogP contribution in [0.15, 0.2) is 59.8 Å². The SMILES string of the molecule is COC(=O)C1=C(C)N(c2ccc(Cl)cc2)C(=O)C[C@H]1C(=O)Nc1ccccc1OC. The van der Waals surface area contributed by atoms with E-state index in [0.717, 1.165) is 0 Å². The van der Waals surface area contributed by atoms with Crippen LogP contribution < -0.4 is 15.0 Å². The monoisotopic (exact) mass is 428 g/mol. The highest BCUT2D eigenvalue weighted by atomic mass is 35.5. The summed E-state index contributed by atoms with van der Waals surface area (Å²) in [4.78, 5) is 39.9. The maximum absolute atomic E-state index is 13.0. The Bertz CT molecular complexity index is 1020. The Labute approximate surface area is 179 Å². The highest BCUT2D eigenvalue weighted by molar-refractivity contribution is 6.30. The molecule has 2 amide bonds. The Hall–Kier alpha value is -3.32. The van der Waals surface area contributed by atoms with Crippen molar-refractivity contribution in [3.05, 3.63) is 64.8 Å². The molecule has 0 aromatic heterocycles. The van der Waals surface area contributed by atoms with E-state index in [-0.39, 0.29) is 17.9 Å². The first-order valence-corrected chi connectivity index (χ1v) is 9.56. The molecule has 30 heavy (non-hydrogen) atoms. The summed E-state index contributed by atoms with van der Waals surface area (Å²) in [6.07, 6.45) is -0.189. The molecule has 0 bridgehead atoms. The summed E-state index contributed by atoms with van der Waals surface area (Å²) in [6.45, 7) is 1.61. The number of methoxy groups -OCH3 is 2. The topological polar surface area (TPSA) is 84.9 Å². The van der Waals surface area contributed by atoms with Crippen LogP contribution in [0.5, 0.6) is 5.75 Å². The number of halogens is 1. The first kappa shape index (κ1) is 21.4. The van der Waals surface area contributed by atoms with Crippen molar-refractivity contribution in [1.82, 2.24) is 0 Å². The minimum Gasteiger partial charge on any atom is -0.495 e. The highest BCUT2D eigenvalue weighted by Crippen LogP contribution is 2.35. The minimum absolute atomic E-state index is 0.124. The number of hydrogen-bond donors (Lipinski definition) is 1. The molecule has 156 valence electrons. The molecule has 3 rings (SSSR count). The number of rotatable bonds is 5. The number of nitrogens with one attached hydrogen (secondary N) is 1. The average molecular weight is 429 g/mol. The molecule has 8 heteroatoms. The third kappa shape index (κ3) is 4.16. The second-order valence-electron chi connectivity index (χ2n) is 6.64. The summed E-state index contributed by atoms with van der Waals surface area (Å²) in [7, 11) is 2.73. The molecule has 0 radical (unpaired) electrons. The van der Waals surface area contributed by atoms with Gasteiger partial charge < -0.3 is 14.8 Å². The zero-order valence-electron chi connectivity index (χ0n) is 16.8. The third-order valence-corrected chi connectivity index (χ3v) is 5.13. The zero-order valence-corrected chi connectivity index (χ0v) is 17.5. The van der Waals surface area contributed by atoms with Gasteiger partial charge in [-0.15, -0.1) is 0 Å². The molecule has 2 aromatic rings. The van der Waals surface area contributed by atoms with E-state index in [0.29, 0.717) is 27.8 Å². The van der Waals surface area contributed by atoms with Gasteiger partial charge in [0.15, 0.2) is 0 Å². The van der Waals surface area contributed by atoms with Crippen LogP contribution in [0.3, 0.4) is 0 Å². The predicted octanol–water partition coefficient (Wildman–Crippen LogP) is 3.79. The molecule has 1 heterocycles. The van der Waals surface area contributed by atoms with E-state index in [1.807, 2.05) is 0 Å². The van der Waals surface area contributed by atoms with Gasteiger partial charge in [-0.1, -0.05) is 23.7 Å². The van der Waals surface area contributed by atoms with Gasteiger partial charge in [0.25, 0.3) is 0 Å². The lowest BCUT2D eigenvalue weighted by Gasteiger charge is -2.33. The molecule has 1 N–H and O–H groups in total. The fourth-order valence-corrected chi connectivity index (χ4v) is 3.57. The Morgan fingerprint density at radius 3 is 2.40 bits per heavy atom. The van der Waals surface area contributed by atoms with Crippen molar-refractivity contribution in [1.29, 1.82) is 0 Å². The van der Waals surface area contributed by atoms with E-state index < -0.39 is 17.8 Å². The van der Waals surface area contributed by atoms with Crippen LogP contribution in [-0.4, -0.2) is 32.0 Å². The van der Waals surface area contributed by atoms with Gasteiger partial charge >= 0.3 is 5.97 Å². The van der Waals surface area contributed by atoms with Gasteiger partial charge in [-0.25, -0.2) is 4.79 Å². The Balaban J connectivity index is 2.00. The maximum Gasteiger partial charge on any atom is 0.336 e. The van der Waals surface area contributed by atoms with E-state index in [4.69, 9.17) is 21.1 Å². The van der Waals surface area contributed by atoms with Crippen molar-refractivity contribution >= 4 is 40.8 Å². The lowest BCUT2D eigenvalue weighted by Crippen LogP contribution is -2.43. The molecular formula is C22H21ClN2O5. The van der Waals surface area contributed by atoms with Crippen LogP contribution >= 0.6 is 11.6 Å². The summed E-state index contributed by atoms with van der Waals surface area (Å²) in [5, 5.41) is 3.27. The molecule has 0 saturated carbocycles. The van der Waals surface area contributed by atoms with Crippen LogP contribution in [0, 0.1) is 5.92 Å². The second-order valence-corrected chi connectivity index (χ2v) is 7.08. The lowest BCUT2D eigenvalue weighted by atomic mass is 9.88. The Kier molecular flexibility index (Phi) is 6.42. The van der Waals surface area contributed by atoms with Crippen molar-refractivity contribution in [2.24, 2.45) is 5.92 Å². The van der Waals surface area contributed by atoms with Crippen molar-refractivity contribution in [2.45, 2.75) is 13.3 Å². The van der Waals surface area contributed by atoms with Crippen LogP contribution in [0.25, 0.3) is 0 Å². The van der Waals surface area contributed by atoms with Gasteiger partial charge in [-0.2, -0.15) is 0 Å². The van der Waals surface area contributed by atoms with Gasteiger partial charge in [-0.3, -0.25) is 14.5 Å². The molecule has 1 atom stereocenters. The van der Waals surface area contributed by atoms with Crippen LogP contribution in [0.4, 0.5) is 11.4 Å². The number of carbonyl (C=O) groups excluding carboxylic acids is 3. The minimum atomic E-state index is -1.00. The van der Waals surface area contributed by atoms with Gasteiger partial charge in [0.05, 0.1) is 31.4 Å². The first-order valence-electron chi connectivity index (χ1n) is 9.18. The zero-order chi connectivity index (χ0) is 21.8.